The lowest BCUT2D eigenvalue weighted by Crippen LogP contribution is -2.12. The molecule has 0 aliphatic carbocycles. The van der Waals surface area contributed by atoms with Crippen molar-refractivity contribution in [2.75, 3.05) is 7.11 Å². The Kier molecular flexibility index (Phi) is 37.1. The molecule has 0 aliphatic heterocycles. The van der Waals surface area contributed by atoms with Gasteiger partial charge in [0, 0.05) is 34.8 Å². The molecule has 0 saturated heterocycles. The number of hydrogen-bond donors (Lipinski definition) is 0. The summed E-state index contributed by atoms with van der Waals surface area (Å²) in [7, 11) is 1.61. The number of hydrogen-bond acceptors (Lipinski definition) is 5. The Hall–Kier alpha value is -12.7. The van der Waals surface area contributed by atoms with Gasteiger partial charge in [-0.3, -0.25) is 19.2 Å². The number of ether oxygens (including phenoxy) is 1. The Morgan fingerprint density at radius 1 is 0.261 bits per heavy atom. The van der Waals surface area contributed by atoms with Crippen molar-refractivity contribution in [1.82, 2.24) is 0 Å². The number of carbonyl (C=O) groups is 4. The summed E-state index contributed by atoms with van der Waals surface area (Å²) in [6.07, 6.45) is -0.228. The maximum atomic E-state index is 13.5. The van der Waals surface area contributed by atoms with Crippen molar-refractivity contribution in [1.29, 1.82) is 0 Å². The zero-order valence-electron chi connectivity index (χ0n) is 76.5. The van der Waals surface area contributed by atoms with E-state index in [4.69, 9.17) is 16.3 Å². The topological polar surface area (TPSA) is 77.5 Å². The van der Waals surface area contributed by atoms with Crippen LogP contribution in [0.3, 0.4) is 0 Å². The third kappa shape index (κ3) is 32.3. The lowest BCUT2D eigenvalue weighted by molar-refractivity contribution is -0.138. The Morgan fingerprint density at radius 3 is 0.679 bits per heavy atom. The zero-order valence-corrected chi connectivity index (χ0v) is 77.2. The first kappa shape index (κ1) is 105. The number of Topliss-reactive ketones (excluding diaryl/α,β-unsaturated/α-hetero) is 4. The summed E-state index contributed by atoms with van der Waals surface area (Å²) in [6.45, 7) is 22.6. The van der Waals surface area contributed by atoms with E-state index in [0.717, 1.165) is 133 Å². The van der Waals surface area contributed by atoms with Gasteiger partial charge in [-0.05, 0) is 310 Å². The Morgan fingerprint density at radius 2 is 0.470 bits per heavy atom. The first-order valence-electron chi connectivity index (χ1n) is 43.7. The molecule has 0 bridgehead atoms. The summed E-state index contributed by atoms with van der Waals surface area (Å²) in [5.74, 6) is -0.840. The van der Waals surface area contributed by atoms with Crippen LogP contribution in [0, 0.1) is 41.1 Å². The van der Waals surface area contributed by atoms with Gasteiger partial charge in [-0.25, -0.2) is 13.2 Å². The Bertz CT molecular complexity index is 5870. The van der Waals surface area contributed by atoms with Crippen molar-refractivity contribution in [3.05, 3.63) is 372 Å². The molecule has 0 radical (unpaired) electrons. The van der Waals surface area contributed by atoms with Crippen LogP contribution >= 0.6 is 11.6 Å². The first-order chi connectivity index (χ1) is 63.0. The van der Waals surface area contributed by atoms with Crippen LogP contribution in [-0.2, 0) is 43.9 Å². The van der Waals surface area contributed by atoms with E-state index in [1.54, 1.807) is 70.4 Å². The molecule has 0 aromatic heterocycles. The number of ketones is 4. The molecule has 0 saturated carbocycles. The van der Waals surface area contributed by atoms with E-state index in [0.29, 0.717) is 87.4 Å². The largest absolute Gasteiger partial charge is 0.497 e. The predicted octanol–water partition coefficient (Wildman–Crippen LogP) is 34.1. The second-order valence-electron chi connectivity index (χ2n) is 34.9. The maximum absolute atomic E-state index is 13.5. The summed E-state index contributed by atoms with van der Waals surface area (Å²) >= 11 is 5.96. The number of benzene rings is 12. The van der Waals surface area contributed by atoms with Gasteiger partial charge in [0.15, 0.2) is 0 Å². The monoisotopic (exact) mass is 1860 g/mol. The molecule has 0 amide bonds. The molecule has 12 rings (SSSR count). The van der Waals surface area contributed by atoms with Crippen molar-refractivity contribution in [2.24, 2.45) is 23.7 Å². The second kappa shape index (κ2) is 47.3. The van der Waals surface area contributed by atoms with E-state index in [1.807, 2.05) is 167 Å². The predicted molar refractivity (Wildman–Crippen MR) is 512 cm³/mol. The van der Waals surface area contributed by atoms with Crippen LogP contribution in [0.15, 0.2) is 261 Å². The molecular formula is C113H106ClF15O5. The number of methoxy groups -OCH3 is 1. The average molecular weight is 1860 g/mol. The molecule has 4 unspecified atom stereocenters. The number of alkyl halides is 12. The Balaban J connectivity index is 0.000000201. The highest BCUT2D eigenvalue weighted by atomic mass is 35.5. The molecule has 134 heavy (non-hydrogen) atoms. The minimum atomic E-state index is -4.44. The normalized spacial score (nSPS) is 12.9. The quantitative estimate of drug-likeness (QED) is 0.0345. The summed E-state index contributed by atoms with van der Waals surface area (Å²) in [5.41, 5.74) is 12.2. The highest BCUT2D eigenvalue weighted by Gasteiger charge is 2.34. The lowest BCUT2D eigenvalue weighted by Gasteiger charge is -2.19. The van der Waals surface area contributed by atoms with Gasteiger partial charge in [0.05, 0.1) is 29.4 Å². The molecule has 0 spiro atoms. The minimum Gasteiger partial charge on any atom is -0.497 e. The second-order valence-corrected chi connectivity index (χ2v) is 35.4. The van der Waals surface area contributed by atoms with Gasteiger partial charge in [-0.2, -0.15) is 52.7 Å². The number of rotatable bonds is 29. The summed E-state index contributed by atoms with van der Waals surface area (Å²) in [6, 6.07) is 67.1. The van der Waals surface area contributed by atoms with Crippen LogP contribution in [0.25, 0.3) is 93.1 Å². The van der Waals surface area contributed by atoms with Gasteiger partial charge >= 0.3 is 24.7 Å². The van der Waals surface area contributed by atoms with E-state index in [1.165, 1.54) is 79.7 Å². The van der Waals surface area contributed by atoms with E-state index in [9.17, 15) is 85.0 Å². The third-order valence-electron chi connectivity index (χ3n) is 22.1. The van der Waals surface area contributed by atoms with Crippen LogP contribution in [0.1, 0.15) is 221 Å². The van der Waals surface area contributed by atoms with E-state index in [2.05, 4.69) is 27.7 Å². The molecule has 0 aliphatic rings. The van der Waals surface area contributed by atoms with Crippen molar-refractivity contribution in [3.8, 4) is 50.3 Å². The van der Waals surface area contributed by atoms with Gasteiger partial charge in [-0.1, -0.05) is 249 Å². The molecule has 21 heteroatoms. The van der Waals surface area contributed by atoms with Gasteiger partial charge in [-0.15, -0.1) is 0 Å². The molecule has 4 atom stereocenters. The molecule has 12 aromatic carbocycles. The zero-order chi connectivity index (χ0) is 98.3. The summed E-state index contributed by atoms with van der Waals surface area (Å²) in [5, 5.41) is 0.650. The molecule has 0 heterocycles. The minimum absolute atomic E-state index is 0.0135. The van der Waals surface area contributed by atoms with E-state index in [-0.39, 0.29) is 58.5 Å². The molecule has 700 valence electrons. The lowest BCUT2D eigenvalue weighted by atomic mass is 9.85. The molecule has 12 aromatic rings. The summed E-state index contributed by atoms with van der Waals surface area (Å²) in [4.78, 5) is 49.8. The van der Waals surface area contributed by atoms with Crippen LogP contribution in [-0.4, -0.2) is 30.2 Å². The first-order valence-corrected chi connectivity index (χ1v) is 44.1. The maximum Gasteiger partial charge on any atom is 0.416 e. The van der Waals surface area contributed by atoms with Crippen LogP contribution < -0.4 is 4.74 Å². The average Bonchev–Trinajstić information content (AvgIpc) is 0.815. The summed E-state index contributed by atoms with van der Waals surface area (Å²) < 4.78 is 201. The van der Waals surface area contributed by atoms with Gasteiger partial charge in [0.2, 0.25) is 0 Å². The van der Waals surface area contributed by atoms with Crippen LogP contribution in [0.5, 0.6) is 5.75 Å². The van der Waals surface area contributed by atoms with Gasteiger partial charge < -0.3 is 4.74 Å². The SMILES string of the molecule is CC(=O)C(CC(C)C)c1cc(/C=C/c2cc(F)cc(F)c2)cc(-c2ccc(C(F)(F)F)cc2)c1.CC(=O)C(CC(C)C)c1cc(/C=C/c2ccc(Cl)cc2)cc(-c2ccc(C(F)(F)F)cc2)c1.CC(=O)C(CC(C)C)c1cc(/C=C/c2ccc(F)cc2)cc(-c2ccc(C(F)(F)F)cc2)c1.COc1ccc(/C=C/c2cc(-c3ccc(C(F)(F)F)cc3)cc(C(CC(C)C)C(C)=O)c2)cc1. The van der Waals surface area contributed by atoms with Gasteiger partial charge in [0.25, 0.3) is 0 Å². The fourth-order valence-electron chi connectivity index (χ4n) is 15.3. The fourth-order valence-corrected chi connectivity index (χ4v) is 15.4. The van der Waals surface area contributed by atoms with Crippen molar-refractivity contribution in [2.45, 2.75) is 157 Å². The van der Waals surface area contributed by atoms with Crippen molar-refractivity contribution in [3.63, 3.8) is 0 Å². The molecule has 5 nitrogen and oxygen atoms in total. The van der Waals surface area contributed by atoms with Crippen LogP contribution in [0.4, 0.5) is 65.9 Å². The smallest absolute Gasteiger partial charge is 0.416 e. The highest BCUT2D eigenvalue weighted by Crippen LogP contribution is 2.41. The third-order valence-corrected chi connectivity index (χ3v) is 22.4. The van der Waals surface area contributed by atoms with Crippen LogP contribution in [0.2, 0.25) is 5.02 Å². The van der Waals surface area contributed by atoms with E-state index >= 15 is 0 Å². The van der Waals surface area contributed by atoms with Crippen molar-refractivity contribution < 1.29 is 89.8 Å². The highest BCUT2D eigenvalue weighted by molar-refractivity contribution is 6.30. The number of halogens is 16. The molecule has 0 N–H and O–H groups in total. The van der Waals surface area contributed by atoms with Gasteiger partial charge in [0.1, 0.15) is 46.3 Å². The number of carbonyl (C=O) groups excluding carboxylic acids is 4. The fraction of sp³-hybridized carbons (Fsp3) is 0.257. The van der Waals surface area contributed by atoms with Crippen molar-refractivity contribution >= 4 is 83.3 Å². The molecular weight excluding hydrogens is 1760 g/mol. The van der Waals surface area contributed by atoms with E-state index < -0.39 is 58.6 Å². The Labute approximate surface area is 779 Å². The molecule has 0 fully saturated rings. The standard InChI is InChI=1S/C29H29F3O2.C28H26ClF3O.C28H25F5O.C28H26F4O/c1-19(2)15-28(20(3)33)25-17-22(6-5-21-7-13-27(34-4)14-8-21)16-24(18-25)23-9-11-26(12-10-23)29(30,31)32;1-18(2)14-27(19(3)33)24-16-21(5-4-20-6-12-26(29)13-7-20)15-23(17-24)22-8-10-25(11-9-22)28(30,31)32;1-17(2)10-27(18(3)34)23-12-19(4-5-20-13-25(29)16-26(30)14-20)11-22(15-23)21-6-8-24(9-7-21)28(31,32)33;1-18(2)14-27(19(3)33)24-16-21(5-4-20-6-12-26(29)13-7-20)15-23(17-24)22-8-10-25(11-9-22)28(30,31)32/h5-14,16-19,28H,15H2,1-4H3;4-13,15-18,27H,14H2,1-3H3;4-9,11-17,27H,10H2,1-3H3;4-13,15-18,27H,14H2,1-3H3/b6-5+;3*5-4+.